The van der Waals surface area contributed by atoms with Crippen LogP contribution in [0.1, 0.15) is 47.0 Å². The predicted molar refractivity (Wildman–Crippen MR) is 78.3 cm³/mol. The predicted octanol–water partition coefficient (Wildman–Crippen LogP) is 2.20. The third kappa shape index (κ3) is 5.49. The molecule has 3 unspecified atom stereocenters. The summed E-state index contributed by atoms with van der Waals surface area (Å²) in [7, 11) is 0. The Morgan fingerprint density at radius 1 is 1.42 bits per heavy atom. The van der Waals surface area contributed by atoms with Crippen LogP contribution in [0.5, 0.6) is 0 Å². The smallest absolute Gasteiger partial charge is 0.320 e. The first-order valence-corrected chi connectivity index (χ1v) is 7.65. The van der Waals surface area contributed by atoms with Gasteiger partial charge in [0.15, 0.2) is 0 Å². The summed E-state index contributed by atoms with van der Waals surface area (Å²) in [5.74, 6) is 0.255. The van der Waals surface area contributed by atoms with Gasteiger partial charge >= 0.3 is 5.97 Å². The van der Waals surface area contributed by atoms with Crippen molar-refractivity contribution in [2.24, 2.45) is 11.8 Å². The highest BCUT2D eigenvalue weighted by atomic mass is 16.4. The molecule has 4 heteroatoms. The monoisotopic (exact) mass is 270 g/mol. The van der Waals surface area contributed by atoms with Crippen LogP contribution in [0.15, 0.2) is 0 Å². The molecule has 0 bridgehead atoms. The average Bonchev–Trinajstić information content (AvgIpc) is 2.37. The molecule has 1 heterocycles. The van der Waals surface area contributed by atoms with Gasteiger partial charge in [-0.2, -0.15) is 0 Å². The molecular formula is C15H30N2O2. The van der Waals surface area contributed by atoms with Crippen LogP contribution in [-0.4, -0.2) is 47.7 Å². The van der Waals surface area contributed by atoms with Crippen LogP contribution in [0, 0.1) is 11.8 Å². The van der Waals surface area contributed by atoms with Gasteiger partial charge < -0.3 is 15.3 Å². The highest BCUT2D eigenvalue weighted by molar-refractivity contribution is 5.73. The van der Waals surface area contributed by atoms with Crippen molar-refractivity contribution in [3.05, 3.63) is 0 Å². The second-order valence-corrected chi connectivity index (χ2v) is 6.27. The molecule has 1 aliphatic heterocycles. The van der Waals surface area contributed by atoms with Crippen molar-refractivity contribution in [3.63, 3.8) is 0 Å². The van der Waals surface area contributed by atoms with Crippen molar-refractivity contribution in [3.8, 4) is 0 Å². The zero-order valence-corrected chi connectivity index (χ0v) is 12.9. The van der Waals surface area contributed by atoms with E-state index in [1.165, 1.54) is 19.4 Å². The quantitative estimate of drug-likeness (QED) is 0.744. The van der Waals surface area contributed by atoms with Gasteiger partial charge in [0.2, 0.25) is 0 Å². The summed E-state index contributed by atoms with van der Waals surface area (Å²) in [6, 6.07) is -0.138. The van der Waals surface area contributed by atoms with Crippen molar-refractivity contribution >= 4 is 5.97 Å². The van der Waals surface area contributed by atoms with Gasteiger partial charge in [-0.1, -0.05) is 20.8 Å². The van der Waals surface area contributed by atoms with E-state index in [1.54, 1.807) is 0 Å². The minimum atomic E-state index is -0.719. The molecule has 0 radical (unpaired) electrons. The van der Waals surface area contributed by atoms with Gasteiger partial charge in [-0.15, -0.1) is 0 Å². The van der Waals surface area contributed by atoms with Gasteiger partial charge in [0.25, 0.3) is 0 Å². The fraction of sp³-hybridized carbons (Fsp3) is 0.933. The number of hydrogen-bond acceptors (Lipinski definition) is 3. The molecule has 0 aliphatic carbocycles. The lowest BCUT2D eigenvalue weighted by molar-refractivity contribution is -0.140. The Morgan fingerprint density at radius 2 is 2.11 bits per heavy atom. The molecule has 0 amide bonds. The van der Waals surface area contributed by atoms with E-state index >= 15 is 0 Å². The van der Waals surface area contributed by atoms with E-state index in [-0.39, 0.29) is 6.04 Å². The molecule has 112 valence electrons. The van der Waals surface area contributed by atoms with Crippen molar-refractivity contribution in [2.45, 2.75) is 59.0 Å². The van der Waals surface area contributed by atoms with E-state index in [1.807, 2.05) is 0 Å². The van der Waals surface area contributed by atoms with Gasteiger partial charge in [-0.3, -0.25) is 4.79 Å². The van der Waals surface area contributed by atoms with Gasteiger partial charge in [0.1, 0.15) is 6.04 Å². The van der Waals surface area contributed by atoms with E-state index in [9.17, 15) is 9.90 Å². The Balaban J connectivity index is 2.51. The fourth-order valence-corrected chi connectivity index (χ4v) is 2.95. The molecule has 0 saturated carbocycles. The molecule has 0 aromatic heterocycles. The number of carboxylic acids is 1. The lowest BCUT2D eigenvalue weighted by Crippen LogP contribution is -2.50. The number of carbonyl (C=O) groups is 1. The molecule has 1 fully saturated rings. The van der Waals surface area contributed by atoms with Crippen LogP contribution in [0.2, 0.25) is 0 Å². The van der Waals surface area contributed by atoms with Crippen LogP contribution in [0.3, 0.4) is 0 Å². The first-order chi connectivity index (χ1) is 8.93. The van der Waals surface area contributed by atoms with Gasteiger partial charge in [0.05, 0.1) is 0 Å². The number of rotatable bonds is 7. The minimum Gasteiger partial charge on any atom is -0.480 e. The summed E-state index contributed by atoms with van der Waals surface area (Å²) >= 11 is 0. The lowest BCUT2D eigenvalue weighted by atomic mass is 9.90. The number of aliphatic carboxylic acids is 1. The highest BCUT2D eigenvalue weighted by Crippen LogP contribution is 2.20. The van der Waals surface area contributed by atoms with Crippen molar-refractivity contribution < 1.29 is 9.90 Å². The summed E-state index contributed by atoms with van der Waals surface area (Å²) in [4.78, 5) is 13.8. The molecule has 0 aromatic rings. The second kappa shape index (κ2) is 7.85. The molecule has 1 rings (SSSR count). The highest BCUT2D eigenvalue weighted by Gasteiger charge is 2.27. The third-order valence-electron chi connectivity index (χ3n) is 4.17. The van der Waals surface area contributed by atoms with E-state index in [4.69, 9.17) is 0 Å². The van der Waals surface area contributed by atoms with Crippen molar-refractivity contribution in [1.82, 2.24) is 10.2 Å². The topological polar surface area (TPSA) is 52.6 Å². The number of nitrogens with one attached hydrogen (secondary N) is 1. The van der Waals surface area contributed by atoms with Gasteiger partial charge in [-0.05, 0) is 51.1 Å². The standard InChI is InChI=1S/C15H30N2O2/c1-5-17-8-6-7-13(10-17)12(4)16-14(15(18)19)9-11(2)3/h11-14,16H,5-10H2,1-4H3,(H,18,19). The van der Waals surface area contributed by atoms with Crippen LogP contribution in [-0.2, 0) is 4.79 Å². The van der Waals surface area contributed by atoms with E-state index in [0.717, 1.165) is 13.1 Å². The molecule has 0 spiro atoms. The zero-order valence-electron chi connectivity index (χ0n) is 12.9. The van der Waals surface area contributed by atoms with Gasteiger partial charge in [0, 0.05) is 12.6 Å². The Morgan fingerprint density at radius 3 is 2.63 bits per heavy atom. The molecule has 1 saturated heterocycles. The summed E-state index contributed by atoms with van der Waals surface area (Å²) in [5.41, 5.74) is 0. The summed E-state index contributed by atoms with van der Waals surface area (Å²) < 4.78 is 0. The number of carboxylic acid groups (broad SMARTS) is 1. The maximum Gasteiger partial charge on any atom is 0.320 e. The average molecular weight is 270 g/mol. The number of nitrogens with zero attached hydrogens (tertiary/aromatic N) is 1. The molecule has 0 aromatic carbocycles. The fourth-order valence-electron chi connectivity index (χ4n) is 2.95. The van der Waals surface area contributed by atoms with E-state index < -0.39 is 12.0 Å². The van der Waals surface area contributed by atoms with Crippen molar-refractivity contribution in [1.29, 1.82) is 0 Å². The SMILES string of the molecule is CCN1CCCC(C(C)NC(CC(C)C)C(=O)O)C1. The molecule has 19 heavy (non-hydrogen) atoms. The van der Waals surface area contributed by atoms with Gasteiger partial charge in [-0.25, -0.2) is 0 Å². The van der Waals surface area contributed by atoms with Crippen LogP contribution in [0.4, 0.5) is 0 Å². The largest absolute Gasteiger partial charge is 0.480 e. The Hall–Kier alpha value is -0.610. The van der Waals surface area contributed by atoms with Crippen LogP contribution < -0.4 is 5.32 Å². The minimum absolute atomic E-state index is 0.272. The zero-order chi connectivity index (χ0) is 14.4. The summed E-state index contributed by atoms with van der Waals surface area (Å²) in [6.07, 6.45) is 3.13. The van der Waals surface area contributed by atoms with Crippen LogP contribution >= 0.6 is 0 Å². The molecule has 3 atom stereocenters. The number of hydrogen-bond donors (Lipinski definition) is 2. The van der Waals surface area contributed by atoms with E-state index in [0.29, 0.717) is 18.3 Å². The van der Waals surface area contributed by atoms with E-state index in [2.05, 4.69) is 37.9 Å². The molecule has 2 N–H and O–H groups in total. The first kappa shape index (κ1) is 16.4. The first-order valence-electron chi connectivity index (χ1n) is 7.65. The Kier molecular flexibility index (Phi) is 6.80. The second-order valence-electron chi connectivity index (χ2n) is 6.27. The lowest BCUT2D eigenvalue weighted by Gasteiger charge is -2.36. The summed E-state index contributed by atoms with van der Waals surface area (Å²) in [6.45, 7) is 11.9. The Labute approximate surface area is 117 Å². The Bertz CT molecular complexity index is 281. The van der Waals surface area contributed by atoms with Crippen molar-refractivity contribution in [2.75, 3.05) is 19.6 Å². The maximum absolute atomic E-state index is 11.3. The van der Waals surface area contributed by atoms with Crippen LogP contribution in [0.25, 0.3) is 0 Å². The molecular weight excluding hydrogens is 240 g/mol. The molecule has 1 aliphatic rings. The number of piperidine rings is 1. The number of likely N-dealkylation sites (tertiary alicyclic amines) is 1. The summed E-state index contributed by atoms with van der Waals surface area (Å²) in [5, 5.41) is 12.6. The molecule has 4 nitrogen and oxygen atoms in total. The third-order valence-corrected chi connectivity index (χ3v) is 4.17. The normalized spacial score (nSPS) is 24.4. The maximum atomic E-state index is 11.3.